The molecule has 1 amide bonds. The third-order valence-corrected chi connectivity index (χ3v) is 5.35. The SMILES string of the molecule is CC(C)(C)c1ccc(OCC(=O)N2CCN(c3c(N)cccc3Cl)CC2)cc1. The van der Waals surface area contributed by atoms with Crippen molar-refractivity contribution < 1.29 is 9.53 Å². The van der Waals surface area contributed by atoms with Crippen LogP contribution < -0.4 is 15.4 Å². The number of anilines is 2. The van der Waals surface area contributed by atoms with Gasteiger partial charge in [-0.15, -0.1) is 0 Å². The maximum Gasteiger partial charge on any atom is 0.260 e. The number of piperazine rings is 1. The van der Waals surface area contributed by atoms with E-state index in [1.54, 1.807) is 0 Å². The molecule has 0 atom stereocenters. The van der Waals surface area contributed by atoms with Crippen molar-refractivity contribution in [3.63, 3.8) is 0 Å². The first-order chi connectivity index (χ1) is 13.3. The minimum atomic E-state index is -0.00771. The van der Waals surface area contributed by atoms with Gasteiger partial charge in [-0.05, 0) is 35.2 Å². The largest absolute Gasteiger partial charge is 0.484 e. The van der Waals surface area contributed by atoms with E-state index in [1.807, 2.05) is 47.4 Å². The molecule has 1 saturated heterocycles. The minimum absolute atomic E-state index is 0.00771. The van der Waals surface area contributed by atoms with Crippen molar-refractivity contribution in [2.45, 2.75) is 26.2 Å². The lowest BCUT2D eigenvalue weighted by atomic mass is 9.87. The summed E-state index contributed by atoms with van der Waals surface area (Å²) in [6.07, 6.45) is 0. The Bertz CT molecular complexity index is 802. The van der Waals surface area contributed by atoms with Crippen LogP contribution >= 0.6 is 11.6 Å². The fourth-order valence-corrected chi connectivity index (χ4v) is 3.63. The summed E-state index contributed by atoms with van der Waals surface area (Å²) < 4.78 is 5.69. The van der Waals surface area contributed by atoms with Gasteiger partial charge in [0.05, 0.1) is 16.4 Å². The molecule has 6 heteroatoms. The van der Waals surface area contributed by atoms with Gasteiger partial charge in [0.25, 0.3) is 5.91 Å². The molecule has 1 aliphatic rings. The Morgan fingerprint density at radius 3 is 2.29 bits per heavy atom. The second kappa shape index (κ2) is 8.31. The highest BCUT2D eigenvalue weighted by atomic mass is 35.5. The molecule has 0 aliphatic carbocycles. The highest BCUT2D eigenvalue weighted by Gasteiger charge is 2.24. The second-order valence-corrected chi connectivity index (χ2v) is 8.52. The summed E-state index contributed by atoms with van der Waals surface area (Å²) >= 11 is 6.30. The molecule has 2 aromatic carbocycles. The van der Waals surface area contributed by atoms with Crippen LogP contribution in [0.15, 0.2) is 42.5 Å². The molecule has 0 spiro atoms. The molecule has 0 aromatic heterocycles. The number of nitrogen functional groups attached to an aromatic ring is 1. The van der Waals surface area contributed by atoms with Crippen molar-refractivity contribution in [3.05, 3.63) is 53.1 Å². The van der Waals surface area contributed by atoms with Gasteiger partial charge in [-0.2, -0.15) is 0 Å². The van der Waals surface area contributed by atoms with E-state index in [9.17, 15) is 4.79 Å². The van der Waals surface area contributed by atoms with Gasteiger partial charge in [0.2, 0.25) is 0 Å². The molecule has 1 aliphatic heterocycles. The lowest BCUT2D eigenvalue weighted by Gasteiger charge is -2.37. The Hall–Kier alpha value is -2.40. The third kappa shape index (κ3) is 4.71. The van der Waals surface area contributed by atoms with Crippen LogP contribution in [0.2, 0.25) is 5.02 Å². The van der Waals surface area contributed by atoms with E-state index < -0.39 is 0 Å². The predicted molar refractivity (Wildman–Crippen MR) is 115 cm³/mol. The van der Waals surface area contributed by atoms with Crippen LogP contribution in [-0.2, 0) is 10.2 Å². The Balaban J connectivity index is 1.52. The summed E-state index contributed by atoms with van der Waals surface area (Å²) in [7, 11) is 0. The first kappa shape index (κ1) is 20.3. The molecule has 0 bridgehead atoms. The molecule has 0 radical (unpaired) electrons. The van der Waals surface area contributed by atoms with Crippen molar-refractivity contribution in [1.29, 1.82) is 0 Å². The lowest BCUT2D eigenvalue weighted by Crippen LogP contribution is -2.50. The number of hydrogen-bond donors (Lipinski definition) is 1. The van der Waals surface area contributed by atoms with E-state index in [4.69, 9.17) is 22.1 Å². The van der Waals surface area contributed by atoms with E-state index in [0.717, 1.165) is 5.69 Å². The number of nitrogens with two attached hydrogens (primary N) is 1. The minimum Gasteiger partial charge on any atom is -0.484 e. The van der Waals surface area contributed by atoms with Crippen LogP contribution in [0.5, 0.6) is 5.75 Å². The molecule has 1 heterocycles. The summed E-state index contributed by atoms with van der Waals surface area (Å²) in [6, 6.07) is 13.5. The zero-order valence-corrected chi connectivity index (χ0v) is 17.5. The number of hydrogen-bond acceptors (Lipinski definition) is 4. The normalized spacial score (nSPS) is 14.9. The topological polar surface area (TPSA) is 58.8 Å². The van der Waals surface area contributed by atoms with Crippen molar-refractivity contribution >= 4 is 28.9 Å². The lowest BCUT2D eigenvalue weighted by molar-refractivity contribution is -0.133. The van der Waals surface area contributed by atoms with Crippen molar-refractivity contribution in [1.82, 2.24) is 4.90 Å². The summed E-state index contributed by atoms with van der Waals surface area (Å²) in [5.41, 5.74) is 8.92. The van der Waals surface area contributed by atoms with Crippen LogP contribution in [0.3, 0.4) is 0 Å². The first-order valence-electron chi connectivity index (χ1n) is 9.56. The van der Waals surface area contributed by atoms with Gasteiger partial charge >= 0.3 is 0 Å². The number of halogens is 1. The van der Waals surface area contributed by atoms with E-state index >= 15 is 0 Å². The summed E-state index contributed by atoms with van der Waals surface area (Å²) in [4.78, 5) is 16.5. The summed E-state index contributed by atoms with van der Waals surface area (Å²) in [5, 5.41) is 0.641. The molecule has 150 valence electrons. The summed E-state index contributed by atoms with van der Waals surface area (Å²) in [5.74, 6) is 0.704. The monoisotopic (exact) mass is 401 g/mol. The molecule has 3 rings (SSSR count). The van der Waals surface area contributed by atoms with Gasteiger partial charge < -0.3 is 20.3 Å². The maximum absolute atomic E-state index is 12.5. The second-order valence-electron chi connectivity index (χ2n) is 8.11. The van der Waals surface area contributed by atoms with Gasteiger partial charge in [-0.25, -0.2) is 0 Å². The number of benzene rings is 2. The van der Waals surface area contributed by atoms with Gasteiger partial charge in [-0.1, -0.05) is 50.6 Å². The van der Waals surface area contributed by atoms with E-state index in [0.29, 0.717) is 42.6 Å². The first-order valence-corrected chi connectivity index (χ1v) is 9.93. The zero-order valence-electron chi connectivity index (χ0n) is 16.7. The number of carbonyl (C=O) groups is 1. The maximum atomic E-state index is 12.5. The van der Waals surface area contributed by atoms with Crippen LogP contribution in [-0.4, -0.2) is 43.6 Å². The van der Waals surface area contributed by atoms with E-state index in [1.165, 1.54) is 5.56 Å². The fourth-order valence-electron chi connectivity index (χ4n) is 3.33. The van der Waals surface area contributed by atoms with Crippen LogP contribution in [0, 0.1) is 0 Å². The Kier molecular flexibility index (Phi) is 6.04. The average molecular weight is 402 g/mol. The molecule has 2 N–H and O–H groups in total. The van der Waals surface area contributed by atoms with Crippen molar-refractivity contribution in [2.24, 2.45) is 0 Å². The Morgan fingerprint density at radius 1 is 1.07 bits per heavy atom. The van der Waals surface area contributed by atoms with Gasteiger partial charge in [0.15, 0.2) is 6.61 Å². The molecule has 2 aromatic rings. The Morgan fingerprint density at radius 2 is 1.71 bits per heavy atom. The zero-order chi connectivity index (χ0) is 20.3. The standard InChI is InChI=1S/C22H28ClN3O2/c1-22(2,3)16-7-9-17(10-8-16)28-15-20(27)25-11-13-26(14-12-25)21-18(23)5-4-6-19(21)24/h4-10H,11-15,24H2,1-3H3. The van der Waals surface area contributed by atoms with Crippen molar-refractivity contribution in [2.75, 3.05) is 43.4 Å². The molecule has 5 nitrogen and oxygen atoms in total. The number of rotatable bonds is 4. The van der Waals surface area contributed by atoms with Crippen molar-refractivity contribution in [3.8, 4) is 5.75 Å². The number of nitrogens with zero attached hydrogens (tertiary/aromatic N) is 2. The molecule has 0 saturated carbocycles. The number of ether oxygens (including phenoxy) is 1. The van der Waals surface area contributed by atoms with E-state index in [-0.39, 0.29) is 17.9 Å². The molecule has 0 unspecified atom stereocenters. The van der Waals surface area contributed by atoms with Crippen LogP contribution in [0.1, 0.15) is 26.3 Å². The highest BCUT2D eigenvalue weighted by Crippen LogP contribution is 2.32. The molecule has 1 fully saturated rings. The average Bonchev–Trinajstić information content (AvgIpc) is 2.66. The van der Waals surface area contributed by atoms with Gasteiger partial charge in [-0.3, -0.25) is 4.79 Å². The number of carbonyl (C=O) groups excluding carboxylic acids is 1. The van der Waals surface area contributed by atoms with Crippen LogP contribution in [0.4, 0.5) is 11.4 Å². The number of amides is 1. The van der Waals surface area contributed by atoms with Crippen LogP contribution in [0.25, 0.3) is 0 Å². The highest BCUT2D eigenvalue weighted by molar-refractivity contribution is 6.34. The van der Waals surface area contributed by atoms with E-state index in [2.05, 4.69) is 25.7 Å². The summed E-state index contributed by atoms with van der Waals surface area (Å²) in [6.45, 7) is 9.18. The molecular weight excluding hydrogens is 374 g/mol. The predicted octanol–water partition coefficient (Wildman–Crippen LogP) is 3.95. The quantitative estimate of drug-likeness (QED) is 0.788. The number of para-hydroxylation sites is 1. The fraction of sp³-hybridized carbons (Fsp3) is 0.409. The Labute approximate surface area is 172 Å². The molecular formula is C22H28ClN3O2. The smallest absolute Gasteiger partial charge is 0.260 e. The third-order valence-electron chi connectivity index (χ3n) is 5.05. The van der Waals surface area contributed by atoms with Gasteiger partial charge in [0, 0.05) is 26.2 Å². The molecule has 28 heavy (non-hydrogen) atoms. The van der Waals surface area contributed by atoms with Gasteiger partial charge in [0.1, 0.15) is 5.75 Å².